The van der Waals surface area contributed by atoms with Crippen molar-refractivity contribution in [2.45, 2.75) is 77.2 Å². The zero-order valence-electron chi connectivity index (χ0n) is 22.7. The van der Waals surface area contributed by atoms with E-state index >= 15 is 0 Å². The molecule has 7 heteroatoms. The van der Waals surface area contributed by atoms with Gasteiger partial charge in [-0.2, -0.15) is 4.98 Å². The first-order valence-electron chi connectivity index (χ1n) is 14.2. The Morgan fingerprint density at radius 3 is 2.32 bits per heavy atom. The fourth-order valence-electron chi connectivity index (χ4n) is 6.09. The van der Waals surface area contributed by atoms with Crippen molar-refractivity contribution in [2.24, 2.45) is 0 Å². The van der Waals surface area contributed by atoms with Crippen molar-refractivity contribution < 1.29 is 4.79 Å². The lowest BCUT2D eigenvalue weighted by atomic mass is 10.0. The van der Waals surface area contributed by atoms with Crippen LogP contribution in [0.15, 0.2) is 41.7 Å². The molecule has 3 heterocycles. The van der Waals surface area contributed by atoms with Crippen LogP contribution in [0.5, 0.6) is 0 Å². The number of aromatic nitrogens is 3. The minimum Gasteiger partial charge on any atom is -0.350 e. The fourth-order valence-corrected chi connectivity index (χ4v) is 6.09. The smallest absolute Gasteiger partial charge is 0.350 e. The quantitative estimate of drug-likeness (QED) is 0.423. The fraction of sp³-hybridized carbons (Fsp3) is 0.484. The van der Waals surface area contributed by atoms with Gasteiger partial charge in [0.25, 0.3) is 0 Å². The van der Waals surface area contributed by atoms with Crippen molar-refractivity contribution in [3.05, 3.63) is 69.8 Å². The number of aryl methyl sites for hydroxylation is 2. The molecule has 3 aromatic rings. The molecule has 38 heavy (non-hydrogen) atoms. The van der Waals surface area contributed by atoms with E-state index in [-0.39, 0.29) is 17.6 Å². The van der Waals surface area contributed by atoms with Gasteiger partial charge in [0.05, 0.1) is 11.1 Å². The number of para-hydroxylation sites is 1. The highest BCUT2D eigenvalue weighted by molar-refractivity contribution is 5.90. The normalized spacial score (nSPS) is 19.7. The third-order valence-corrected chi connectivity index (χ3v) is 8.46. The Morgan fingerprint density at radius 2 is 1.74 bits per heavy atom. The molecule has 0 radical (unpaired) electrons. The Kier molecular flexibility index (Phi) is 6.33. The van der Waals surface area contributed by atoms with Gasteiger partial charge in [-0.25, -0.2) is 14.3 Å². The van der Waals surface area contributed by atoms with E-state index in [1.165, 1.54) is 43.0 Å². The maximum Gasteiger partial charge on any atom is 0.355 e. The van der Waals surface area contributed by atoms with Gasteiger partial charge >= 0.3 is 5.69 Å². The number of rotatable bonds is 7. The lowest BCUT2D eigenvalue weighted by Crippen LogP contribution is -2.54. The number of benzene rings is 1. The number of hydrogen-bond acceptors (Lipinski definition) is 5. The summed E-state index contributed by atoms with van der Waals surface area (Å²) in [7, 11) is 0. The largest absolute Gasteiger partial charge is 0.355 e. The van der Waals surface area contributed by atoms with Gasteiger partial charge in [-0.3, -0.25) is 4.79 Å². The molecule has 198 valence electrons. The third-order valence-electron chi connectivity index (χ3n) is 8.46. The number of fused-ring (bicyclic) bond motifs is 1. The van der Waals surface area contributed by atoms with Crippen LogP contribution in [0.4, 0.5) is 5.82 Å². The van der Waals surface area contributed by atoms with E-state index in [1.807, 2.05) is 4.90 Å². The lowest BCUT2D eigenvalue weighted by molar-refractivity contribution is -0.126. The van der Waals surface area contributed by atoms with Crippen molar-refractivity contribution in [1.82, 2.24) is 19.4 Å². The second-order valence-electron chi connectivity index (χ2n) is 11.1. The number of pyridine rings is 1. The number of nitrogens with zero attached hydrogens (tertiary/aromatic N) is 5. The van der Waals surface area contributed by atoms with Crippen LogP contribution in [0.25, 0.3) is 16.7 Å². The van der Waals surface area contributed by atoms with Crippen LogP contribution >= 0.6 is 0 Å². The molecular formula is C31H37N5O2. The molecule has 6 rings (SSSR count). The molecule has 0 bridgehead atoms. The summed E-state index contributed by atoms with van der Waals surface area (Å²) in [6, 6.07) is 8.62. The number of hydrogen-bond donors (Lipinski definition) is 0. The summed E-state index contributed by atoms with van der Waals surface area (Å²) in [5, 5.41) is 0.944. The Hall–Kier alpha value is -3.48. The van der Waals surface area contributed by atoms with Gasteiger partial charge in [0, 0.05) is 37.3 Å². The first-order chi connectivity index (χ1) is 18.4. The van der Waals surface area contributed by atoms with E-state index in [0.717, 1.165) is 40.7 Å². The van der Waals surface area contributed by atoms with Gasteiger partial charge in [-0.1, -0.05) is 38.6 Å². The minimum absolute atomic E-state index is 0.0141. The van der Waals surface area contributed by atoms with Crippen LogP contribution < -0.4 is 10.6 Å². The Balaban J connectivity index is 1.60. The van der Waals surface area contributed by atoms with E-state index in [2.05, 4.69) is 56.5 Å². The maximum atomic E-state index is 14.0. The molecule has 2 aromatic heterocycles. The standard InChI is InChI=1S/C31H37N5O2/c1-5-20-9-8-10-21(6-2)28(20)36-30-25(17-24(22-11-12-22)27(32-30)23-13-14-23)29(33-31(36)38)35-16-15-34(18-19(35)4)26(37)7-3/h7-10,17,19,22-23H,3,5-6,11-16,18H2,1-2,4H3. The van der Waals surface area contributed by atoms with Gasteiger partial charge in [0.2, 0.25) is 5.91 Å². The van der Waals surface area contributed by atoms with Crippen molar-refractivity contribution in [3.63, 3.8) is 0 Å². The summed E-state index contributed by atoms with van der Waals surface area (Å²) in [4.78, 5) is 40.4. The van der Waals surface area contributed by atoms with Crippen molar-refractivity contribution in [1.29, 1.82) is 0 Å². The molecule has 7 nitrogen and oxygen atoms in total. The molecule has 3 fully saturated rings. The highest BCUT2D eigenvalue weighted by Crippen LogP contribution is 2.49. The van der Waals surface area contributed by atoms with Crippen LogP contribution in [-0.2, 0) is 17.6 Å². The number of piperazine rings is 1. The summed E-state index contributed by atoms with van der Waals surface area (Å²) in [6.45, 7) is 11.8. The monoisotopic (exact) mass is 511 g/mol. The third kappa shape index (κ3) is 4.22. The number of carbonyl (C=O) groups is 1. The Bertz CT molecular complexity index is 1460. The Labute approximate surface area is 224 Å². The van der Waals surface area contributed by atoms with Crippen LogP contribution in [0.2, 0.25) is 0 Å². The Morgan fingerprint density at radius 1 is 1.05 bits per heavy atom. The maximum absolute atomic E-state index is 14.0. The molecule has 1 aliphatic heterocycles. The summed E-state index contributed by atoms with van der Waals surface area (Å²) in [5.74, 6) is 1.70. The predicted octanol–water partition coefficient (Wildman–Crippen LogP) is 4.88. The van der Waals surface area contributed by atoms with Gasteiger partial charge in [0.1, 0.15) is 5.82 Å². The first kappa shape index (κ1) is 24.8. The molecule has 1 saturated heterocycles. The van der Waals surface area contributed by atoms with E-state index < -0.39 is 0 Å². The second kappa shape index (κ2) is 9.68. The topological polar surface area (TPSA) is 71.3 Å². The predicted molar refractivity (Wildman–Crippen MR) is 151 cm³/mol. The molecular weight excluding hydrogens is 474 g/mol. The van der Waals surface area contributed by atoms with Crippen LogP contribution in [0.3, 0.4) is 0 Å². The summed E-state index contributed by atoms with van der Waals surface area (Å²) in [6.07, 6.45) is 7.76. The zero-order valence-corrected chi connectivity index (χ0v) is 22.7. The van der Waals surface area contributed by atoms with E-state index in [4.69, 9.17) is 9.97 Å². The minimum atomic E-state index is -0.284. The van der Waals surface area contributed by atoms with Gasteiger partial charge in [0.15, 0.2) is 5.65 Å². The molecule has 2 saturated carbocycles. The molecule has 3 aliphatic rings. The summed E-state index contributed by atoms with van der Waals surface area (Å²) >= 11 is 0. The highest BCUT2D eigenvalue weighted by atomic mass is 16.2. The lowest BCUT2D eigenvalue weighted by Gasteiger charge is -2.40. The number of carbonyl (C=O) groups excluding carboxylic acids is 1. The van der Waals surface area contributed by atoms with Crippen LogP contribution in [0, 0.1) is 0 Å². The summed E-state index contributed by atoms with van der Waals surface area (Å²) in [5.41, 5.74) is 6.18. The molecule has 1 amide bonds. The van der Waals surface area contributed by atoms with Crippen molar-refractivity contribution >= 4 is 22.8 Å². The average Bonchev–Trinajstić information content (AvgIpc) is 3.85. The number of anilines is 1. The summed E-state index contributed by atoms with van der Waals surface area (Å²) < 4.78 is 1.79. The van der Waals surface area contributed by atoms with E-state index in [9.17, 15) is 9.59 Å². The molecule has 1 aromatic carbocycles. The zero-order chi connectivity index (χ0) is 26.6. The van der Waals surface area contributed by atoms with Crippen LogP contribution in [-0.4, -0.2) is 51.0 Å². The van der Waals surface area contributed by atoms with Crippen molar-refractivity contribution in [3.8, 4) is 5.69 Å². The molecule has 1 atom stereocenters. The van der Waals surface area contributed by atoms with Crippen molar-refractivity contribution in [2.75, 3.05) is 24.5 Å². The van der Waals surface area contributed by atoms with Gasteiger partial charge in [-0.15, -0.1) is 0 Å². The average molecular weight is 512 g/mol. The second-order valence-corrected chi connectivity index (χ2v) is 11.1. The molecule has 0 N–H and O–H groups in total. The number of amides is 1. The van der Waals surface area contributed by atoms with E-state index in [1.54, 1.807) is 4.57 Å². The first-order valence-corrected chi connectivity index (χ1v) is 14.2. The van der Waals surface area contributed by atoms with Crippen LogP contribution in [0.1, 0.15) is 80.7 Å². The molecule has 0 spiro atoms. The van der Waals surface area contributed by atoms with Gasteiger partial charge in [-0.05, 0) is 80.2 Å². The van der Waals surface area contributed by atoms with E-state index in [0.29, 0.717) is 37.3 Å². The highest BCUT2D eigenvalue weighted by Gasteiger charge is 2.36. The molecule has 1 unspecified atom stereocenters. The molecule has 2 aliphatic carbocycles. The van der Waals surface area contributed by atoms with Gasteiger partial charge < -0.3 is 9.80 Å². The SMILES string of the molecule is C=CC(=O)N1CCN(c2nc(=O)n(-c3c(CC)cccc3CC)c3nc(C4CC4)c(C4CC4)cc23)C(C)C1.